The maximum Gasteiger partial charge on any atom is 0.0869 e. The normalized spacial score (nSPS) is 22.7. The monoisotopic (exact) mass is 257 g/mol. The van der Waals surface area contributed by atoms with E-state index in [1.54, 1.807) is 0 Å². The van der Waals surface area contributed by atoms with Crippen LogP contribution in [-0.4, -0.2) is 72.9 Å². The van der Waals surface area contributed by atoms with Crippen molar-refractivity contribution >= 4 is 0 Å². The molecule has 0 saturated carbocycles. The van der Waals surface area contributed by atoms with Gasteiger partial charge in [0.05, 0.1) is 5.60 Å². The Bertz CT molecular complexity index is 235. The fraction of sp³-hybridized carbons (Fsp3) is 1.00. The second-order valence-electron chi connectivity index (χ2n) is 6.48. The molecule has 0 aromatic rings. The molecule has 4 nitrogen and oxygen atoms in total. The largest absolute Gasteiger partial charge is 0.388 e. The van der Waals surface area contributed by atoms with E-state index in [0.29, 0.717) is 18.6 Å². The van der Waals surface area contributed by atoms with Crippen molar-refractivity contribution in [2.75, 3.05) is 40.3 Å². The number of nitrogens with one attached hydrogen (secondary N) is 1. The summed E-state index contributed by atoms with van der Waals surface area (Å²) in [5.41, 5.74) is -0.650. The molecule has 0 aromatic heterocycles. The Morgan fingerprint density at radius 3 is 2.44 bits per heavy atom. The minimum atomic E-state index is -0.650. The zero-order valence-electron chi connectivity index (χ0n) is 12.7. The topological polar surface area (TPSA) is 38.7 Å². The van der Waals surface area contributed by atoms with Gasteiger partial charge in [-0.3, -0.25) is 0 Å². The van der Waals surface area contributed by atoms with E-state index < -0.39 is 5.60 Å². The first-order chi connectivity index (χ1) is 8.30. The number of rotatable bonds is 6. The fourth-order valence-electron chi connectivity index (χ4n) is 2.58. The number of likely N-dealkylation sites (tertiary alicyclic amines) is 1. The summed E-state index contributed by atoms with van der Waals surface area (Å²) < 4.78 is 0. The van der Waals surface area contributed by atoms with Gasteiger partial charge in [0.2, 0.25) is 0 Å². The van der Waals surface area contributed by atoms with Crippen LogP contribution in [0.25, 0.3) is 0 Å². The van der Waals surface area contributed by atoms with Crippen molar-refractivity contribution in [1.82, 2.24) is 15.1 Å². The number of aliphatic hydroxyl groups is 1. The van der Waals surface area contributed by atoms with E-state index in [1.807, 2.05) is 6.92 Å². The molecule has 1 unspecified atom stereocenters. The molecule has 0 radical (unpaired) electrons. The van der Waals surface area contributed by atoms with Crippen LogP contribution in [0.15, 0.2) is 0 Å². The van der Waals surface area contributed by atoms with Gasteiger partial charge in [0, 0.05) is 25.2 Å². The molecule has 1 saturated heterocycles. The molecule has 108 valence electrons. The highest BCUT2D eigenvalue weighted by Gasteiger charge is 2.27. The lowest BCUT2D eigenvalue weighted by Crippen LogP contribution is -2.52. The number of piperidine rings is 1. The molecular formula is C14H31N3O. The van der Waals surface area contributed by atoms with E-state index in [2.05, 4.69) is 43.1 Å². The third kappa shape index (κ3) is 5.65. The first-order valence-electron chi connectivity index (χ1n) is 7.15. The molecule has 0 aliphatic carbocycles. The van der Waals surface area contributed by atoms with Crippen LogP contribution in [0, 0.1) is 0 Å². The van der Waals surface area contributed by atoms with Gasteiger partial charge in [-0.05, 0) is 47.0 Å². The number of likely N-dealkylation sites (N-methyl/N-ethyl adjacent to an activating group) is 1. The van der Waals surface area contributed by atoms with Crippen LogP contribution in [-0.2, 0) is 0 Å². The molecule has 1 aliphatic rings. The van der Waals surface area contributed by atoms with Crippen molar-refractivity contribution in [3.05, 3.63) is 0 Å². The van der Waals surface area contributed by atoms with Crippen molar-refractivity contribution in [2.45, 2.75) is 51.3 Å². The first-order valence-corrected chi connectivity index (χ1v) is 7.15. The third-order valence-corrected chi connectivity index (χ3v) is 3.79. The Kier molecular flexibility index (Phi) is 6.05. The molecule has 1 rings (SSSR count). The Morgan fingerprint density at radius 1 is 1.39 bits per heavy atom. The maximum absolute atomic E-state index is 10.4. The van der Waals surface area contributed by atoms with Gasteiger partial charge in [0.1, 0.15) is 0 Å². The minimum Gasteiger partial charge on any atom is -0.388 e. The summed E-state index contributed by atoms with van der Waals surface area (Å²) in [6, 6.07) is 1.04. The van der Waals surface area contributed by atoms with E-state index >= 15 is 0 Å². The van der Waals surface area contributed by atoms with Gasteiger partial charge in [0.15, 0.2) is 0 Å². The highest BCUT2D eigenvalue weighted by atomic mass is 16.3. The van der Waals surface area contributed by atoms with E-state index in [0.717, 1.165) is 6.54 Å². The van der Waals surface area contributed by atoms with Gasteiger partial charge in [-0.15, -0.1) is 0 Å². The second-order valence-corrected chi connectivity index (χ2v) is 6.48. The summed E-state index contributed by atoms with van der Waals surface area (Å²) in [4.78, 5) is 4.71. The quantitative estimate of drug-likeness (QED) is 0.737. The summed E-state index contributed by atoms with van der Waals surface area (Å²) in [5.74, 6) is 0. The summed E-state index contributed by atoms with van der Waals surface area (Å²) in [7, 11) is 4.32. The van der Waals surface area contributed by atoms with Crippen LogP contribution in [0.3, 0.4) is 0 Å². The molecule has 4 heteroatoms. The molecule has 1 heterocycles. The van der Waals surface area contributed by atoms with E-state index in [4.69, 9.17) is 0 Å². The molecule has 0 bridgehead atoms. The van der Waals surface area contributed by atoms with Crippen molar-refractivity contribution in [1.29, 1.82) is 0 Å². The van der Waals surface area contributed by atoms with Crippen molar-refractivity contribution in [3.63, 3.8) is 0 Å². The molecule has 0 spiro atoms. The predicted molar refractivity (Wildman–Crippen MR) is 76.9 cm³/mol. The highest BCUT2D eigenvalue weighted by molar-refractivity contribution is 4.84. The van der Waals surface area contributed by atoms with E-state index in [9.17, 15) is 5.11 Å². The Balaban J connectivity index is 2.35. The van der Waals surface area contributed by atoms with Crippen LogP contribution in [0.2, 0.25) is 0 Å². The van der Waals surface area contributed by atoms with Crippen LogP contribution in [0.4, 0.5) is 0 Å². The van der Waals surface area contributed by atoms with Gasteiger partial charge in [-0.2, -0.15) is 0 Å². The summed E-state index contributed by atoms with van der Waals surface area (Å²) in [6.07, 6.45) is 2.42. The zero-order valence-corrected chi connectivity index (χ0v) is 12.7. The van der Waals surface area contributed by atoms with Crippen LogP contribution < -0.4 is 5.32 Å². The lowest BCUT2D eigenvalue weighted by Gasteiger charge is -2.38. The predicted octanol–water partition coefficient (Wildman–Crippen LogP) is 0.761. The lowest BCUT2D eigenvalue weighted by molar-refractivity contribution is 0.00591. The van der Waals surface area contributed by atoms with Crippen molar-refractivity contribution < 1.29 is 5.11 Å². The van der Waals surface area contributed by atoms with Crippen molar-refractivity contribution in [2.24, 2.45) is 0 Å². The Morgan fingerprint density at radius 2 is 1.94 bits per heavy atom. The minimum absolute atomic E-state index is 0.421. The van der Waals surface area contributed by atoms with Crippen LogP contribution >= 0.6 is 0 Å². The smallest absolute Gasteiger partial charge is 0.0869 e. The SMILES string of the molecule is CC(C)NCC(C)(O)CN(C)C1CCN(C)CC1. The molecule has 18 heavy (non-hydrogen) atoms. The van der Waals surface area contributed by atoms with Gasteiger partial charge in [0.25, 0.3) is 0 Å². The van der Waals surface area contributed by atoms with Crippen LogP contribution in [0.5, 0.6) is 0 Å². The summed E-state index contributed by atoms with van der Waals surface area (Å²) in [6.45, 7) is 9.87. The molecule has 1 atom stereocenters. The summed E-state index contributed by atoms with van der Waals surface area (Å²) >= 11 is 0. The second kappa shape index (κ2) is 6.85. The maximum atomic E-state index is 10.4. The number of hydrogen-bond donors (Lipinski definition) is 2. The average molecular weight is 257 g/mol. The molecule has 1 fully saturated rings. The highest BCUT2D eigenvalue weighted by Crippen LogP contribution is 2.16. The Labute approximate surface area is 112 Å². The van der Waals surface area contributed by atoms with Crippen molar-refractivity contribution in [3.8, 4) is 0 Å². The first kappa shape index (κ1) is 15.9. The average Bonchev–Trinajstić information content (AvgIpc) is 2.27. The van der Waals surface area contributed by atoms with E-state index in [-0.39, 0.29) is 0 Å². The molecule has 0 aromatic carbocycles. The van der Waals surface area contributed by atoms with Gasteiger partial charge in [-0.25, -0.2) is 0 Å². The van der Waals surface area contributed by atoms with Crippen LogP contribution in [0.1, 0.15) is 33.6 Å². The molecular weight excluding hydrogens is 226 g/mol. The van der Waals surface area contributed by atoms with E-state index in [1.165, 1.54) is 25.9 Å². The van der Waals surface area contributed by atoms with Gasteiger partial charge in [-0.1, -0.05) is 13.8 Å². The fourth-order valence-corrected chi connectivity index (χ4v) is 2.58. The number of hydrogen-bond acceptors (Lipinski definition) is 4. The standard InChI is InChI=1S/C14H31N3O/c1-12(2)15-10-14(3,18)11-17(5)13-6-8-16(4)9-7-13/h12-13,15,18H,6-11H2,1-5H3. The molecule has 1 aliphatic heterocycles. The number of nitrogens with zero attached hydrogens (tertiary/aromatic N) is 2. The zero-order chi connectivity index (χ0) is 13.8. The Hall–Kier alpha value is -0.160. The molecule has 0 amide bonds. The van der Waals surface area contributed by atoms with Gasteiger partial charge < -0.3 is 20.2 Å². The third-order valence-electron chi connectivity index (χ3n) is 3.79. The summed E-state index contributed by atoms with van der Waals surface area (Å²) in [5, 5.41) is 13.7. The lowest BCUT2D eigenvalue weighted by atomic mass is 10.0. The van der Waals surface area contributed by atoms with Gasteiger partial charge >= 0.3 is 0 Å². The molecule has 2 N–H and O–H groups in total.